The first-order valence-electron chi connectivity index (χ1n) is 7.60. The molecular formula is C17H21ClN2O2S. The Morgan fingerprint density at radius 1 is 1.48 bits per heavy atom. The quantitative estimate of drug-likeness (QED) is 0.798. The van der Waals surface area contributed by atoms with Crippen molar-refractivity contribution in [2.45, 2.75) is 38.4 Å². The molecule has 0 aliphatic rings. The number of hydrogen-bond donors (Lipinski definition) is 1. The molecule has 0 aliphatic carbocycles. The lowest BCUT2D eigenvalue weighted by Gasteiger charge is -2.07. The van der Waals surface area contributed by atoms with Crippen LogP contribution in [0.1, 0.15) is 42.0 Å². The number of aromatic carboxylic acids is 1. The number of carboxylic acids is 1. The predicted molar refractivity (Wildman–Crippen MR) is 96.2 cm³/mol. The van der Waals surface area contributed by atoms with Crippen molar-refractivity contribution in [3.63, 3.8) is 0 Å². The largest absolute Gasteiger partial charge is 0.478 e. The van der Waals surface area contributed by atoms with Crippen molar-refractivity contribution in [1.82, 2.24) is 9.78 Å². The van der Waals surface area contributed by atoms with Crippen LogP contribution in [0, 0.1) is 0 Å². The third kappa shape index (κ3) is 4.09. The smallest absolute Gasteiger partial charge is 0.339 e. The van der Waals surface area contributed by atoms with E-state index in [2.05, 4.69) is 12.0 Å². The molecule has 0 saturated carbocycles. The van der Waals surface area contributed by atoms with E-state index in [1.54, 1.807) is 28.6 Å². The van der Waals surface area contributed by atoms with Crippen LogP contribution < -0.4 is 0 Å². The minimum Gasteiger partial charge on any atom is -0.478 e. The van der Waals surface area contributed by atoms with E-state index < -0.39 is 5.97 Å². The van der Waals surface area contributed by atoms with E-state index in [0.29, 0.717) is 34.4 Å². The minimum atomic E-state index is -0.912. The van der Waals surface area contributed by atoms with Gasteiger partial charge in [-0.3, -0.25) is 0 Å². The minimum absolute atomic E-state index is 0.310. The van der Waals surface area contributed by atoms with E-state index in [9.17, 15) is 9.90 Å². The molecule has 0 aliphatic heterocycles. The molecule has 1 atom stereocenters. The van der Waals surface area contributed by atoms with Crippen LogP contribution in [-0.4, -0.2) is 32.4 Å². The zero-order chi connectivity index (χ0) is 17.0. The fourth-order valence-electron chi connectivity index (χ4n) is 2.54. The Morgan fingerprint density at radius 2 is 2.22 bits per heavy atom. The molecule has 2 rings (SSSR count). The SMILES string of the molecule is CCCc1c(C(=O)O)c(CC(C)SC)nn1-c1cccc(Cl)c1. The fourth-order valence-corrected chi connectivity index (χ4v) is 3.05. The average molecular weight is 353 g/mol. The van der Waals surface area contributed by atoms with Crippen molar-refractivity contribution >= 4 is 29.3 Å². The fraction of sp³-hybridized carbons (Fsp3) is 0.412. The van der Waals surface area contributed by atoms with Crippen LogP contribution in [0.2, 0.25) is 5.02 Å². The van der Waals surface area contributed by atoms with E-state index in [-0.39, 0.29) is 0 Å². The molecule has 124 valence electrons. The molecule has 0 bridgehead atoms. The van der Waals surface area contributed by atoms with Gasteiger partial charge < -0.3 is 5.11 Å². The highest BCUT2D eigenvalue weighted by Gasteiger charge is 2.24. The summed E-state index contributed by atoms with van der Waals surface area (Å²) in [5.41, 5.74) is 2.52. The van der Waals surface area contributed by atoms with Gasteiger partial charge in [0.1, 0.15) is 5.56 Å². The van der Waals surface area contributed by atoms with Gasteiger partial charge in [-0.05, 0) is 30.9 Å². The maximum atomic E-state index is 11.8. The van der Waals surface area contributed by atoms with E-state index in [4.69, 9.17) is 11.6 Å². The van der Waals surface area contributed by atoms with E-state index in [1.165, 1.54) is 0 Å². The summed E-state index contributed by atoms with van der Waals surface area (Å²) in [5.74, 6) is -0.912. The van der Waals surface area contributed by atoms with Crippen LogP contribution in [-0.2, 0) is 12.8 Å². The number of rotatable bonds is 7. The summed E-state index contributed by atoms with van der Waals surface area (Å²) < 4.78 is 1.74. The van der Waals surface area contributed by atoms with Crippen LogP contribution in [0.15, 0.2) is 24.3 Å². The Balaban J connectivity index is 2.61. The van der Waals surface area contributed by atoms with Gasteiger partial charge in [-0.2, -0.15) is 16.9 Å². The monoisotopic (exact) mass is 352 g/mol. The number of halogens is 1. The van der Waals surface area contributed by atoms with Gasteiger partial charge in [0, 0.05) is 16.7 Å². The molecule has 4 nitrogen and oxygen atoms in total. The number of carbonyl (C=O) groups is 1. The molecule has 2 aromatic rings. The number of hydrogen-bond acceptors (Lipinski definition) is 3. The zero-order valence-corrected chi connectivity index (χ0v) is 15.1. The first kappa shape index (κ1) is 17.9. The predicted octanol–water partition coefficient (Wildman–Crippen LogP) is 4.47. The number of aromatic nitrogens is 2. The summed E-state index contributed by atoms with van der Waals surface area (Å²) in [6.07, 6.45) is 4.16. The second-order valence-corrected chi connectivity index (χ2v) is 7.18. The van der Waals surface area contributed by atoms with Crippen molar-refractivity contribution in [2.24, 2.45) is 0 Å². The molecule has 0 fully saturated rings. The Morgan fingerprint density at radius 3 is 2.78 bits per heavy atom. The van der Waals surface area contributed by atoms with Gasteiger partial charge in [0.2, 0.25) is 0 Å². The molecule has 6 heteroatoms. The number of thioether (sulfide) groups is 1. The molecule has 23 heavy (non-hydrogen) atoms. The summed E-state index contributed by atoms with van der Waals surface area (Å²) in [4.78, 5) is 11.8. The number of nitrogens with zero attached hydrogens (tertiary/aromatic N) is 2. The highest BCUT2D eigenvalue weighted by Crippen LogP contribution is 2.25. The van der Waals surface area contributed by atoms with Gasteiger partial charge in [0.25, 0.3) is 0 Å². The molecule has 1 N–H and O–H groups in total. The van der Waals surface area contributed by atoms with Gasteiger partial charge in [-0.15, -0.1) is 0 Å². The third-order valence-electron chi connectivity index (χ3n) is 3.69. The Kier molecular flexibility index (Phi) is 6.13. The first-order chi connectivity index (χ1) is 11.0. The molecule has 0 saturated heterocycles. The summed E-state index contributed by atoms with van der Waals surface area (Å²) in [5, 5.41) is 15.2. The standard InChI is InChI=1S/C17H21ClN2O2S/c1-4-6-15-16(17(21)22)14(9-11(2)23-3)19-20(15)13-8-5-7-12(18)10-13/h5,7-8,10-11H,4,6,9H2,1-3H3,(H,21,22). The van der Waals surface area contributed by atoms with Gasteiger partial charge in [-0.1, -0.05) is 37.9 Å². The highest BCUT2D eigenvalue weighted by molar-refractivity contribution is 7.99. The topological polar surface area (TPSA) is 55.1 Å². The van der Waals surface area contributed by atoms with Crippen molar-refractivity contribution in [3.8, 4) is 5.69 Å². The van der Waals surface area contributed by atoms with E-state index in [1.807, 2.05) is 25.3 Å². The highest BCUT2D eigenvalue weighted by atomic mass is 35.5. The molecule has 1 aromatic heterocycles. The van der Waals surface area contributed by atoms with Crippen molar-refractivity contribution in [1.29, 1.82) is 0 Å². The van der Waals surface area contributed by atoms with Gasteiger partial charge in [0.15, 0.2) is 0 Å². The van der Waals surface area contributed by atoms with Crippen LogP contribution in [0.5, 0.6) is 0 Å². The molecule has 1 unspecified atom stereocenters. The Hall–Kier alpha value is -1.46. The molecule has 1 heterocycles. The average Bonchev–Trinajstić information content (AvgIpc) is 2.86. The Labute approximate surface area is 145 Å². The summed E-state index contributed by atoms with van der Waals surface area (Å²) in [6.45, 7) is 4.11. The van der Waals surface area contributed by atoms with Gasteiger partial charge >= 0.3 is 5.97 Å². The maximum absolute atomic E-state index is 11.8. The summed E-state index contributed by atoms with van der Waals surface area (Å²) >= 11 is 7.78. The third-order valence-corrected chi connectivity index (χ3v) is 4.90. The maximum Gasteiger partial charge on any atom is 0.339 e. The normalized spacial score (nSPS) is 12.3. The lowest BCUT2D eigenvalue weighted by molar-refractivity contribution is 0.0694. The Bertz CT molecular complexity index is 700. The molecule has 0 amide bonds. The van der Waals surface area contributed by atoms with E-state index in [0.717, 1.165) is 17.8 Å². The van der Waals surface area contributed by atoms with Crippen LogP contribution in [0.25, 0.3) is 5.69 Å². The van der Waals surface area contributed by atoms with Crippen molar-refractivity contribution in [2.75, 3.05) is 6.26 Å². The second kappa shape index (κ2) is 7.88. The molecule has 1 aromatic carbocycles. The summed E-state index contributed by atoms with van der Waals surface area (Å²) in [7, 11) is 0. The van der Waals surface area contributed by atoms with Crippen LogP contribution >= 0.6 is 23.4 Å². The summed E-state index contributed by atoms with van der Waals surface area (Å²) in [6, 6.07) is 7.34. The molecular weight excluding hydrogens is 332 g/mol. The number of carboxylic acid groups (broad SMARTS) is 1. The lowest BCUT2D eigenvalue weighted by atomic mass is 10.1. The van der Waals surface area contributed by atoms with Gasteiger partial charge in [0.05, 0.1) is 17.1 Å². The molecule has 0 radical (unpaired) electrons. The number of benzene rings is 1. The van der Waals surface area contributed by atoms with Crippen molar-refractivity contribution < 1.29 is 9.90 Å². The second-order valence-electron chi connectivity index (χ2n) is 5.47. The lowest BCUT2D eigenvalue weighted by Crippen LogP contribution is -2.08. The van der Waals surface area contributed by atoms with Crippen LogP contribution in [0.3, 0.4) is 0 Å². The zero-order valence-electron chi connectivity index (χ0n) is 13.5. The van der Waals surface area contributed by atoms with Crippen molar-refractivity contribution in [3.05, 3.63) is 46.2 Å². The first-order valence-corrected chi connectivity index (χ1v) is 9.27. The van der Waals surface area contributed by atoms with Crippen LogP contribution in [0.4, 0.5) is 0 Å². The molecule has 0 spiro atoms. The van der Waals surface area contributed by atoms with E-state index >= 15 is 0 Å². The van der Waals surface area contributed by atoms with Gasteiger partial charge in [-0.25, -0.2) is 9.48 Å².